The Balaban J connectivity index is 0.00000242. The molecule has 0 unspecified atom stereocenters. The van der Waals surface area contributed by atoms with Crippen molar-refractivity contribution in [2.24, 2.45) is 0 Å². The van der Waals surface area contributed by atoms with E-state index < -0.39 is 28.6 Å². The van der Waals surface area contributed by atoms with Crippen LogP contribution in [0.25, 0.3) is 0 Å². The van der Waals surface area contributed by atoms with Crippen molar-refractivity contribution in [1.29, 1.82) is 0 Å². The third-order valence-electron chi connectivity index (χ3n) is 3.72. The second kappa shape index (κ2) is 9.28. The third kappa shape index (κ3) is 5.36. The van der Waals surface area contributed by atoms with Gasteiger partial charge in [-0.1, -0.05) is 18.5 Å². The molecule has 1 aliphatic rings. The van der Waals surface area contributed by atoms with Gasteiger partial charge in [-0.2, -0.15) is 13.2 Å². The van der Waals surface area contributed by atoms with Gasteiger partial charge in [-0.05, 0) is 18.6 Å². The zero-order valence-corrected chi connectivity index (χ0v) is 14.8. The second-order valence-electron chi connectivity index (χ2n) is 5.07. The van der Waals surface area contributed by atoms with Crippen LogP contribution >= 0.6 is 36.4 Å². The monoisotopic (exact) mass is 396 g/mol. The van der Waals surface area contributed by atoms with Crippen LogP contribution in [-0.2, 0) is 6.18 Å². The summed E-state index contributed by atoms with van der Waals surface area (Å²) in [5.74, 6) is -0.755. The molecule has 0 spiro atoms. The molecular weight excluding hydrogens is 379 g/mol. The molecule has 1 saturated heterocycles. The topological polar surface area (TPSA) is 15.3 Å². The van der Waals surface area contributed by atoms with Crippen LogP contribution in [0.15, 0.2) is 12.1 Å². The van der Waals surface area contributed by atoms with Crippen molar-refractivity contribution in [1.82, 2.24) is 10.2 Å². The Morgan fingerprint density at radius 2 is 1.78 bits per heavy atom. The zero-order chi connectivity index (χ0) is 15.6. The van der Waals surface area contributed by atoms with Crippen LogP contribution in [-0.4, -0.2) is 31.1 Å². The quantitative estimate of drug-likeness (QED) is 0.744. The van der Waals surface area contributed by atoms with E-state index in [0.717, 1.165) is 19.2 Å². The summed E-state index contributed by atoms with van der Waals surface area (Å²) >= 11 is 5.66. The molecule has 0 aromatic heterocycles. The van der Waals surface area contributed by atoms with Gasteiger partial charge in [0.25, 0.3) is 0 Å². The van der Waals surface area contributed by atoms with E-state index in [2.05, 4.69) is 5.32 Å². The number of piperazine rings is 1. The Morgan fingerprint density at radius 1 is 1.22 bits per heavy atom. The van der Waals surface area contributed by atoms with Gasteiger partial charge in [-0.3, -0.25) is 4.90 Å². The molecule has 1 fully saturated rings. The molecule has 0 saturated carbocycles. The minimum atomic E-state index is -4.53. The molecule has 1 N–H and O–H groups in total. The summed E-state index contributed by atoms with van der Waals surface area (Å²) in [5, 5.41) is 2.69. The lowest BCUT2D eigenvalue weighted by molar-refractivity contribution is -0.137. The summed E-state index contributed by atoms with van der Waals surface area (Å²) in [5.41, 5.74) is -0.878. The molecule has 0 amide bonds. The lowest BCUT2D eigenvalue weighted by Crippen LogP contribution is -2.45. The van der Waals surface area contributed by atoms with Crippen molar-refractivity contribution in [2.75, 3.05) is 26.2 Å². The first kappa shape index (κ1) is 22.7. The highest BCUT2D eigenvalue weighted by atomic mass is 35.5. The summed E-state index contributed by atoms with van der Waals surface area (Å²) in [6.07, 6.45) is -4.01. The highest BCUT2D eigenvalue weighted by Gasteiger charge is 2.34. The van der Waals surface area contributed by atoms with E-state index in [1.807, 2.05) is 11.8 Å². The van der Waals surface area contributed by atoms with Gasteiger partial charge in [0.1, 0.15) is 5.82 Å². The lowest BCUT2D eigenvalue weighted by Gasteiger charge is -2.35. The van der Waals surface area contributed by atoms with Crippen molar-refractivity contribution >= 4 is 36.4 Å². The Hall–Kier alpha value is -0.270. The van der Waals surface area contributed by atoms with Crippen LogP contribution in [0, 0.1) is 5.82 Å². The van der Waals surface area contributed by atoms with Crippen molar-refractivity contribution in [3.63, 3.8) is 0 Å². The first-order valence-corrected chi connectivity index (χ1v) is 7.23. The minimum Gasteiger partial charge on any atom is -0.314 e. The molecule has 1 atom stereocenters. The average molecular weight is 398 g/mol. The second-order valence-corrected chi connectivity index (χ2v) is 5.48. The van der Waals surface area contributed by atoms with Crippen LogP contribution < -0.4 is 5.32 Å². The molecule has 0 bridgehead atoms. The van der Waals surface area contributed by atoms with Crippen molar-refractivity contribution in [3.05, 3.63) is 34.1 Å². The standard InChI is InChI=1S/C14H17ClF4N2.2ClH/c1-2-12(21-5-3-20-4-6-21)10-7-9(14(17,18)19)8-11(15)13(10)16;;/h7-8,12,20H,2-6H2,1H3;2*1H/t12-;;/m0../s1. The highest BCUT2D eigenvalue weighted by Crippen LogP contribution is 2.37. The highest BCUT2D eigenvalue weighted by molar-refractivity contribution is 6.30. The van der Waals surface area contributed by atoms with Gasteiger partial charge in [0.05, 0.1) is 10.6 Å². The first-order valence-electron chi connectivity index (χ1n) is 6.85. The predicted octanol–water partition coefficient (Wildman–Crippen LogP) is 4.70. The number of benzene rings is 1. The molecule has 1 aromatic rings. The van der Waals surface area contributed by atoms with Gasteiger partial charge in [0.15, 0.2) is 0 Å². The van der Waals surface area contributed by atoms with E-state index in [-0.39, 0.29) is 30.4 Å². The Labute approximate surface area is 150 Å². The van der Waals surface area contributed by atoms with E-state index in [0.29, 0.717) is 25.6 Å². The number of nitrogens with one attached hydrogen (secondary N) is 1. The van der Waals surface area contributed by atoms with Gasteiger partial charge < -0.3 is 5.32 Å². The summed E-state index contributed by atoms with van der Waals surface area (Å²) in [7, 11) is 0. The van der Waals surface area contributed by atoms with E-state index in [1.54, 1.807) is 0 Å². The molecule has 2 nitrogen and oxygen atoms in total. The fourth-order valence-electron chi connectivity index (χ4n) is 2.69. The van der Waals surface area contributed by atoms with E-state index in [9.17, 15) is 17.6 Å². The molecule has 1 aromatic carbocycles. The van der Waals surface area contributed by atoms with Crippen LogP contribution in [0.1, 0.15) is 30.5 Å². The van der Waals surface area contributed by atoms with Crippen molar-refractivity contribution in [2.45, 2.75) is 25.6 Å². The maximum Gasteiger partial charge on any atom is 0.416 e. The van der Waals surface area contributed by atoms with E-state index in [4.69, 9.17) is 11.6 Å². The minimum absolute atomic E-state index is 0. The number of halogens is 7. The SMILES string of the molecule is CC[C@@H](c1cc(C(F)(F)F)cc(Cl)c1F)N1CCNCC1.Cl.Cl. The van der Waals surface area contributed by atoms with E-state index in [1.165, 1.54) is 0 Å². The van der Waals surface area contributed by atoms with Crippen molar-refractivity contribution in [3.8, 4) is 0 Å². The molecule has 1 heterocycles. The van der Waals surface area contributed by atoms with Crippen LogP contribution in [0.3, 0.4) is 0 Å². The molecule has 134 valence electrons. The first-order chi connectivity index (χ1) is 9.84. The molecule has 0 radical (unpaired) electrons. The van der Waals surface area contributed by atoms with Gasteiger partial charge in [-0.25, -0.2) is 4.39 Å². The van der Waals surface area contributed by atoms with Gasteiger partial charge in [-0.15, -0.1) is 24.8 Å². The maximum atomic E-state index is 14.2. The van der Waals surface area contributed by atoms with E-state index >= 15 is 0 Å². The maximum absolute atomic E-state index is 14.2. The Bertz CT molecular complexity index is 506. The van der Waals surface area contributed by atoms with Gasteiger partial charge in [0, 0.05) is 37.8 Å². The molecule has 9 heteroatoms. The number of nitrogens with zero attached hydrogens (tertiary/aromatic N) is 1. The summed E-state index contributed by atoms with van der Waals surface area (Å²) in [4.78, 5) is 1.99. The number of hydrogen-bond acceptors (Lipinski definition) is 2. The van der Waals surface area contributed by atoms with Gasteiger partial charge in [0.2, 0.25) is 0 Å². The number of alkyl halides is 3. The molecule has 0 aliphatic carbocycles. The molecule has 1 aliphatic heterocycles. The van der Waals surface area contributed by atoms with Gasteiger partial charge >= 0.3 is 6.18 Å². The molecule has 2 rings (SSSR count). The predicted molar refractivity (Wildman–Crippen MR) is 88.4 cm³/mol. The fraction of sp³-hybridized carbons (Fsp3) is 0.571. The third-order valence-corrected chi connectivity index (χ3v) is 4.00. The smallest absolute Gasteiger partial charge is 0.314 e. The normalized spacial score (nSPS) is 17.1. The number of rotatable bonds is 3. The van der Waals surface area contributed by atoms with Crippen molar-refractivity contribution < 1.29 is 17.6 Å². The Morgan fingerprint density at radius 3 is 2.26 bits per heavy atom. The van der Waals surface area contributed by atoms with Crippen LogP contribution in [0.5, 0.6) is 0 Å². The fourth-order valence-corrected chi connectivity index (χ4v) is 2.91. The summed E-state index contributed by atoms with van der Waals surface area (Å²) in [6, 6.07) is 1.13. The average Bonchev–Trinajstić information content (AvgIpc) is 2.44. The Kier molecular flexibility index (Phi) is 9.17. The van der Waals surface area contributed by atoms with Crippen LogP contribution in [0.2, 0.25) is 5.02 Å². The zero-order valence-electron chi connectivity index (χ0n) is 12.4. The molecular formula is C14H19Cl3F4N2. The number of hydrogen-bond donors (Lipinski definition) is 1. The summed E-state index contributed by atoms with van der Waals surface area (Å²) in [6.45, 7) is 4.66. The largest absolute Gasteiger partial charge is 0.416 e. The summed E-state index contributed by atoms with van der Waals surface area (Å²) < 4.78 is 52.9. The molecule has 23 heavy (non-hydrogen) atoms. The van der Waals surface area contributed by atoms with Crippen LogP contribution in [0.4, 0.5) is 17.6 Å². The lowest BCUT2D eigenvalue weighted by atomic mass is 9.98.